The van der Waals surface area contributed by atoms with Gasteiger partial charge >= 0.3 is 0 Å². The van der Waals surface area contributed by atoms with Crippen LogP contribution in [0.4, 0.5) is 0 Å². The maximum Gasteiger partial charge on any atom is 0.191 e. The zero-order chi connectivity index (χ0) is 19.1. The van der Waals surface area contributed by atoms with Crippen molar-refractivity contribution >= 4 is 29.9 Å². The highest BCUT2D eigenvalue weighted by molar-refractivity contribution is 14.0. The predicted molar refractivity (Wildman–Crippen MR) is 122 cm³/mol. The monoisotopic (exact) mass is 501 g/mol. The summed E-state index contributed by atoms with van der Waals surface area (Å²) in [6, 6.07) is 8.29. The average molecular weight is 501 g/mol. The fourth-order valence-corrected chi connectivity index (χ4v) is 3.57. The van der Waals surface area contributed by atoms with Gasteiger partial charge in [0.05, 0.1) is 24.6 Å². The Bertz CT molecular complexity index is 682. The fourth-order valence-electron chi connectivity index (χ4n) is 3.57. The number of furan rings is 2. The molecule has 1 saturated heterocycles. The first-order valence-corrected chi connectivity index (χ1v) is 9.61. The van der Waals surface area contributed by atoms with Crippen molar-refractivity contribution in [1.29, 1.82) is 0 Å². The van der Waals surface area contributed by atoms with Crippen molar-refractivity contribution in [2.24, 2.45) is 4.99 Å². The third-order valence-corrected chi connectivity index (χ3v) is 5.10. The van der Waals surface area contributed by atoms with Gasteiger partial charge in [-0.3, -0.25) is 14.8 Å². The van der Waals surface area contributed by atoms with E-state index in [4.69, 9.17) is 8.83 Å². The molecule has 2 aromatic heterocycles. The molecule has 7 nitrogen and oxygen atoms in total. The number of hydrogen-bond acceptors (Lipinski definition) is 5. The van der Waals surface area contributed by atoms with Crippen LogP contribution >= 0.6 is 24.0 Å². The molecule has 3 heterocycles. The molecule has 0 radical (unpaired) electrons. The topological polar surface area (TPSA) is 69.2 Å². The summed E-state index contributed by atoms with van der Waals surface area (Å²) in [6.07, 6.45) is 5.95. The molecule has 156 valence electrons. The number of guanidine groups is 1. The van der Waals surface area contributed by atoms with E-state index in [2.05, 4.69) is 31.5 Å². The van der Waals surface area contributed by atoms with E-state index in [0.717, 1.165) is 37.1 Å². The predicted octanol–water partition coefficient (Wildman–Crippen LogP) is 3.10. The second kappa shape index (κ2) is 11.5. The Kier molecular flexibility index (Phi) is 9.33. The van der Waals surface area contributed by atoms with Crippen molar-refractivity contribution in [3.05, 3.63) is 48.3 Å². The maximum atomic E-state index is 5.69. The number of nitrogens with zero attached hydrogens (tertiary/aromatic N) is 3. The van der Waals surface area contributed by atoms with E-state index in [1.807, 2.05) is 32.3 Å². The fraction of sp³-hybridized carbons (Fsp3) is 0.550. The van der Waals surface area contributed by atoms with Gasteiger partial charge in [0.1, 0.15) is 11.5 Å². The summed E-state index contributed by atoms with van der Waals surface area (Å²) in [4.78, 5) is 8.99. The maximum absolute atomic E-state index is 5.69. The average Bonchev–Trinajstić information content (AvgIpc) is 3.43. The molecule has 0 aliphatic carbocycles. The highest BCUT2D eigenvalue weighted by Gasteiger charge is 2.26. The lowest BCUT2D eigenvalue weighted by Gasteiger charge is -2.27. The van der Waals surface area contributed by atoms with Gasteiger partial charge in [-0.25, -0.2) is 0 Å². The first-order chi connectivity index (χ1) is 13.2. The van der Waals surface area contributed by atoms with Crippen molar-refractivity contribution < 1.29 is 8.83 Å². The summed E-state index contributed by atoms with van der Waals surface area (Å²) in [5, 5.41) is 6.88. The summed E-state index contributed by atoms with van der Waals surface area (Å²) >= 11 is 0. The van der Waals surface area contributed by atoms with Gasteiger partial charge in [-0.1, -0.05) is 0 Å². The molecule has 1 aliphatic rings. The summed E-state index contributed by atoms with van der Waals surface area (Å²) in [5.41, 5.74) is 0. The number of likely N-dealkylation sites (tertiary alicyclic amines) is 1. The highest BCUT2D eigenvalue weighted by Crippen LogP contribution is 2.24. The normalized spacial score (nSPS) is 17.4. The molecule has 8 heteroatoms. The number of aliphatic imine (C=N–C) groups is 1. The van der Waals surface area contributed by atoms with E-state index >= 15 is 0 Å². The van der Waals surface area contributed by atoms with Crippen LogP contribution in [-0.2, 0) is 0 Å². The smallest absolute Gasteiger partial charge is 0.191 e. The lowest BCUT2D eigenvalue weighted by atomic mass is 10.2. The SMILES string of the molecule is CN=C(NCC(c1ccco1)N(C)C)NCC(c1ccco1)N1CCCC1.I. The van der Waals surface area contributed by atoms with Crippen molar-refractivity contribution in [3.8, 4) is 0 Å². The van der Waals surface area contributed by atoms with Crippen LogP contribution in [0.2, 0.25) is 0 Å². The van der Waals surface area contributed by atoms with Gasteiger partial charge in [0.25, 0.3) is 0 Å². The van der Waals surface area contributed by atoms with Gasteiger partial charge in [0.2, 0.25) is 0 Å². The minimum absolute atomic E-state index is 0. The van der Waals surface area contributed by atoms with Crippen LogP contribution in [0.15, 0.2) is 50.6 Å². The van der Waals surface area contributed by atoms with Crippen molar-refractivity contribution in [2.75, 3.05) is 47.3 Å². The second-order valence-electron chi connectivity index (χ2n) is 7.10. The van der Waals surface area contributed by atoms with E-state index in [9.17, 15) is 0 Å². The number of hydrogen-bond donors (Lipinski definition) is 2. The van der Waals surface area contributed by atoms with Crippen LogP contribution in [-0.4, -0.2) is 63.1 Å². The van der Waals surface area contributed by atoms with Crippen LogP contribution in [0.5, 0.6) is 0 Å². The summed E-state index contributed by atoms with van der Waals surface area (Å²) < 4.78 is 11.3. The van der Waals surface area contributed by atoms with Crippen molar-refractivity contribution in [2.45, 2.75) is 24.9 Å². The first-order valence-electron chi connectivity index (χ1n) is 9.61. The molecule has 28 heavy (non-hydrogen) atoms. The first kappa shape index (κ1) is 22.8. The Hall–Kier alpha value is -1.52. The summed E-state index contributed by atoms with van der Waals surface area (Å²) in [5.74, 6) is 2.72. The molecule has 0 aromatic carbocycles. The van der Waals surface area contributed by atoms with E-state index in [0.29, 0.717) is 6.54 Å². The lowest BCUT2D eigenvalue weighted by molar-refractivity contribution is 0.215. The minimum Gasteiger partial charge on any atom is -0.468 e. The Morgan fingerprint density at radius 2 is 1.68 bits per heavy atom. The van der Waals surface area contributed by atoms with E-state index in [1.54, 1.807) is 19.6 Å². The second-order valence-corrected chi connectivity index (χ2v) is 7.10. The molecule has 0 saturated carbocycles. The van der Waals surface area contributed by atoms with Crippen LogP contribution in [0, 0.1) is 0 Å². The standard InChI is InChI=1S/C20H31N5O2.HI/c1-21-20(22-14-16(24(2)3)18-8-6-12-26-18)23-15-17(19-9-7-13-27-19)25-10-4-5-11-25;/h6-9,12-13,16-17H,4-5,10-11,14-15H2,1-3H3,(H2,21,22,23);1H. The molecule has 1 aliphatic heterocycles. The molecular formula is C20H32IN5O2. The molecule has 0 spiro atoms. The quantitative estimate of drug-likeness (QED) is 0.329. The summed E-state index contributed by atoms with van der Waals surface area (Å²) in [6.45, 7) is 3.68. The zero-order valence-electron chi connectivity index (χ0n) is 16.9. The van der Waals surface area contributed by atoms with Crippen LogP contribution in [0.25, 0.3) is 0 Å². The molecule has 3 rings (SSSR count). The van der Waals surface area contributed by atoms with Crippen LogP contribution in [0.1, 0.15) is 36.4 Å². The van der Waals surface area contributed by atoms with Gasteiger partial charge < -0.3 is 19.5 Å². The molecule has 2 N–H and O–H groups in total. The Morgan fingerprint density at radius 3 is 2.21 bits per heavy atom. The van der Waals surface area contributed by atoms with E-state index < -0.39 is 0 Å². The van der Waals surface area contributed by atoms with Gasteiger partial charge in [0.15, 0.2) is 5.96 Å². The third-order valence-electron chi connectivity index (χ3n) is 5.10. The number of halogens is 1. The molecular weight excluding hydrogens is 469 g/mol. The molecule has 2 unspecified atom stereocenters. The number of nitrogens with one attached hydrogen (secondary N) is 2. The minimum atomic E-state index is 0. The zero-order valence-corrected chi connectivity index (χ0v) is 19.3. The Labute approximate surface area is 184 Å². The number of rotatable bonds is 8. The molecule has 0 amide bonds. The van der Waals surface area contributed by atoms with E-state index in [-0.39, 0.29) is 36.1 Å². The summed E-state index contributed by atoms with van der Waals surface area (Å²) in [7, 11) is 5.89. The van der Waals surface area contributed by atoms with Gasteiger partial charge in [-0.05, 0) is 64.3 Å². The number of likely N-dealkylation sites (N-methyl/N-ethyl adjacent to an activating group) is 1. The highest BCUT2D eigenvalue weighted by atomic mass is 127. The Morgan fingerprint density at radius 1 is 1.07 bits per heavy atom. The lowest BCUT2D eigenvalue weighted by Crippen LogP contribution is -2.44. The van der Waals surface area contributed by atoms with E-state index in [1.165, 1.54) is 12.8 Å². The molecule has 0 bridgehead atoms. The third kappa shape index (κ3) is 5.99. The molecule has 1 fully saturated rings. The molecule has 2 atom stereocenters. The Balaban J connectivity index is 0.00000280. The van der Waals surface area contributed by atoms with Gasteiger partial charge in [-0.15, -0.1) is 24.0 Å². The van der Waals surface area contributed by atoms with Gasteiger partial charge in [-0.2, -0.15) is 0 Å². The van der Waals surface area contributed by atoms with Crippen molar-refractivity contribution in [1.82, 2.24) is 20.4 Å². The largest absolute Gasteiger partial charge is 0.468 e. The van der Waals surface area contributed by atoms with Crippen LogP contribution < -0.4 is 10.6 Å². The molecule has 2 aromatic rings. The van der Waals surface area contributed by atoms with Crippen LogP contribution in [0.3, 0.4) is 0 Å². The van der Waals surface area contributed by atoms with Crippen molar-refractivity contribution in [3.63, 3.8) is 0 Å². The van der Waals surface area contributed by atoms with Gasteiger partial charge in [0, 0.05) is 20.1 Å².